The summed E-state index contributed by atoms with van der Waals surface area (Å²) in [5, 5.41) is 6.47. The third-order valence-corrected chi connectivity index (χ3v) is 5.10. The van der Waals surface area contributed by atoms with E-state index in [9.17, 15) is 0 Å². The molecule has 3 heteroatoms. The van der Waals surface area contributed by atoms with Crippen molar-refractivity contribution >= 4 is 8.35 Å². The number of nitrogens with zero attached hydrogens (tertiary/aromatic N) is 2. The average Bonchev–Trinajstić information content (AvgIpc) is 2.74. The fraction of sp³-hybridized carbons (Fsp3) is 0.833. The van der Waals surface area contributed by atoms with Crippen LogP contribution >= 0.6 is 8.35 Å². The SMILES string of the molecule is C1CCC(n2nc3c(p2)CCCC3)CC1. The Morgan fingerprint density at radius 3 is 2.60 bits per heavy atom. The maximum absolute atomic E-state index is 4.83. The fourth-order valence-electron chi connectivity index (χ4n) is 2.83. The zero-order valence-corrected chi connectivity index (χ0v) is 10.2. The molecule has 1 heterocycles. The van der Waals surface area contributed by atoms with Crippen LogP contribution in [0.25, 0.3) is 0 Å². The first-order chi connectivity index (χ1) is 7.43. The van der Waals surface area contributed by atoms with Crippen molar-refractivity contribution in [1.29, 1.82) is 0 Å². The van der Waals surface area contributed by atoms with Gasteiger partial charge in [-0.05, 0) is 38.5 Å². The fourth-order valence-corrected chi connectivity index (χ4v) is 4.16. The van der Waals surface area contributed by atoms with Crippen LogP contribution in [0.3, 0.4) is 0 Å². The van der Waals surface area contributed by atoms with Crippen molar-refractivity contribution in [1.82, 2.24) is 9.54 Å². The van der Waals surface area contributed by atoms with Gasteiger partial charge in [-0.15, -0.1) is 0 Å². The molecule has 0 spiro atoms. The number of hydrogen-bond donors (Lipinski definition) is 0. The Balaban J connectivity index is 1.82. The van der Waals surface area contributed by atoms with Gasteiger partial charge in [-0.3, -0.25) is 0 Å². The van der Waals surface area contributed by atoms with Crippen molar-refractivity contribution in [2.24, 2.45) is 0 Å². The highest BCUT2D eigenvalue weighted by molar-refractivity contribution is 7.27. The predicted molar refractivity (Wildman–Crippen MR) is 63.5 cm³/mol. The lowest BCUT2D eigenvalue weighted by atomic mass is 9.96. The highest BCUT2D eigenvalue weighted by Gasteiger charge is 2.20. The summed E-state index contributed by atoms with van der Waals surface area (Å²) in [7, 11) is 1.43. The molecule has 0 unspecified atom stereocenters. The number of rotatable bonds is 1. The molecule has 1 saturated carbocycles. The summed E-state index contributed by atoms with van der Waals surface area (Å²) in [5.74, 6) is 0. The Hall–Kier alpha value is -0.360. The van der Waals surface area contributed by atoms with Crippen molar-refractivity contribution in [2.45, 2.75) is 63.8 Å². The van der Waals surface area contributed by atoms with Gasteiger partial charge in [0, 0.05) is 13.6 Å². The van der Waals surface area contributed by atoms with E-state index < -0.39 is 0 Å². The Labute approximate surface area is 93.2 Å². The molecular formula is C12H19N2P. The van der Waals surface area contributed by atoms with Gasteiger partial charge in [0.2, 0.25) is 0 Å². The third-order valence-electron chi connectivity index (χ3n) is 3.76. The zero-order chi connectivity index (χ0) is 10.1. The van der Waals surface area contributed by atoms with Crippen molar-refractivity contribution in [3.8, 4) is 0 Å². The molecule has 1 aromatic rings. The van der Waals surface area contributed by atoms with Crippen LogP contribution in [0.1, 0.15) is 62.0 Å². The van der Waals surface area contributed by atoms with E-state index in [4.69, 9.17) is 5.10 Å². The van der Waals surface area contributed by atoms with Crippen LogP contribution < -0.4 is 0 Å². The topological polar surface area (TPSA) is 17.8 Å². The predicted octanol–water partition coefficient (Wildman–Crippen LogP) is 3.85. The minimum atomic E-state index is 0.756. The van der Waals surface area contributed by atoms with Gasteiger partial charge < -0.3 is 0 Å². The van der Waals surface area contributed by atoms with E-state index in [0.29, 0.717) is 0 Å². The van der Waals surface area contributed by atoms with Crippen LogP contribution in [0.4, 0.5) is 0 Å². The molecule has 0 aliphatic heterocycles. The van der Waals surface area contributed by atoms with Gasteiger partial charge in [-0.25, -0.2) is 4.44 Å². The van der Waals surface area contributed by atoms with Crippen molar-refractivity contribution in [3.05, 3.63) is 11.0 Å². The Morgan fingerprint density at radius 1 is 1.00 bits per heavy atom. The summed E-state index contributed by atoms with van der Waals surface area (Å²) in [4.78, 5) is 0. The summed E-state index contributed by atoms with van der Waals surface area (Å²) in [5.41, 5.74) is 1.44. The number of fused-ring (bicyclic) bond motifs is 1. The molecule has 3 rings (SSSR count). The molecule has 0 amide bonds. The normalized spacial score (nSPS) is 23.2. The lowest BCUT2D eigenvalue weighted by molar-refractivity contribution is 0.347. The maximum atomic E-state index is 4.83. The van der Waals surface area contributed by atoms with E-state index in [-0.39, 0.29) is 0 Å². The van der Waals surface area contributed by atoms with Crippen LogP contribution in [0.5, 0.6) is 0 Å². The molecule has 1 fully saturated rings. The standard InChI is InChI=1S/C12H19N2P/c1-2-6-10(7-3-1)14-13-11-8-4-5-9-12(11)15-14/h10H,1-9H2. The summed E-state index contributed by atoms with van der Waals surface area (Å²) < 4.78 is 2.38. The van der Waals surface area contributed by atoms with Gasteiger partial charge in [0.05, 0.1) is 11.7 Å². The molecule has 1 aromatic heterocycles. The zero-order valence-electron chi connectivity index (χ0n) is 9.28. The molecule has 0 saturated heterocycles. The Kier molecular flexibility index (Phi) is 2.79. The second-order valence-electron chi connectivity index (χ2n) is 4.91. The molecule has 2 nitrogen and oxygen atoms in total. The molecule has 0 bridgehead atoms. The molecule has 2 aliphatic carbocycles. The van der Waals surface area contributed by atoms with Crippen LogP contribution in [-0.2, 0) is 12.8 Å². The van der Waals surface area contributed by atoms with Gasteiger partial charge in [0.25, 0.3) is 0 Å². The van der Waals surface area contributed by atoms with Gasteiger partial charge in [0.1, 0.15) is 0 Å². The first-order valence-electron chi connectivity index (χ1n) is 6.38. The number of aromatic nitrogens is 2. The molecule has 0 aromatic carbocycles. The van der Waals surface area contributed by atoms with Crippen LogP contribution in [0.2, 0.25) is 0 Å². The van der Waals surface area contributed by atoms with Crippen molar-refractivity contribution in [3.63, 3.8) is 0 Å². The van der Waals surface area contributed by atoms with E-state index in [1.54, 1.807) is 5.30 Å². The van der Waals surface area contributed by atoms with Crippen molar-refractivity contribution < 1.29 is 0 Å². The van der Waals surface area contributed by atoms with E-state index in [2.05, 4.69) is 4.44 Å². The quantitative estimate of drug-likeness (QED) is 0.705. The van der Waals surface area contributed by atoms with Crippen molar-refractivity contribution in [2.75, 3.05) is 0 Å². The molecule has 15 heavy (non-hydrogen) atoms. The maximum Gasteiger partial charge on any atom is 0.0705 e. The smallest absolute Gasteiger partial charge is 0.0705 e. The lowest BCUT2D eigenvalue weighted by Gasteiger charge is -2.21. The second kappa shape index (κ2) is 4.25. The molecule has 82 valence electrons. The Bertz CT molecular complexity index is 316. The molecule has 2 aliphatic rings. The van der Waals surface area contributed by atoms with Gasteiger partial charge >= 0.3 is 0 Å². The van der Waals surface area contributed by atoms with E-state index in [0.717, 1.165) is 6.04 Å². The van der Waals surface area contributed by atoms with Gasteiger partial charge in [-0.1, -0.05) is 19.3 Å². The van der Waals surface area contributed by atoms with Crippen LogP contribution in [0.15, 0.2) is 0 Å². The van der Waals surface area contributed by atoms with Crippen LogP contribution in [-0.4, -0.2) is 9.54 Å². The van der Waals surface area contributed by atoms with E-state index in [1.807, 2.05) is 0 Å². The summed E-state index contributed by atoms with van der Waals surface area (Å²) >= 11 is 0. The first kappa shape index (κ1) is 9.84. The lowest BCUT2D eigenvalue weighted by Crippen LogP contribution is -2.11. The Morgan fingerprint density at radius 2 is 1.80 bits per heavy atom. The first-order valence-corrected chi connectivity index (χ1v) is 7.23. The molecule has 0 N–H and O–H groups in total. The highest BCUT2D eigenvalue weighted by atomic mass is 31.0. The second-order valence-corrected chi connectivity index (χ2v) is 6.06. The van der Waals surface area contributed by atoms with Gasteiger partial charge in [0.15, 0.2) is 0 Å². The van der Waals surface area contributed by atoms with E-state index in [1.165, 1.54) is 71.8 Å². The molecule has 0 radical (unpaired) electrons. The summed E-state index contributed by atoms with van der Waals surface area (Å²) in [6.07, 6.45) is 12.3. The summed E-state index contributed by atoms with van der Waals surface area (Å²) in [6.45, 7) is 0. The largest absolute Gasteiger partial charge is 0.244 e. The van der Waals surface area contributed by atoms with Crippen LogP contribution in [0, 0.1) is 0 Å². The minimum absolute atomic E-state index is 0.756. The molecular weight excluding hydrogens is 203 g/mol. The van der Waals surface area contributed by atoms with Gasteiger partial charge in [-0.2, -0.15) is 5.10 Å². The van der Waals surface area contributed by atoms with E-state index >= 15 is 0 Å². The summed E-state index contributed by atoms with van der Waals surface area (Å²) in [6, 6.07) is 0.756. The highest BCUT2D eigenvalue weighted by Crippen LogP contribution is 2.34. The third kappa shape index (κ3) is 1.97. The number of aryl methyl sites for hydroxylation is 2. The minimum Gasteiger partial charge on any atom is -0.244 e. The monoisotopic (exact) mass is 222 g/mol. The molecule has 0 atom stereocenters. The average molecular weight is 222 g/mol. The number of hydrogen-bond acceptors (Lipinski definition) is 1.